The summed E-state index contributed by atoms with van der Waals surface area (Å²) in [5.41, 5.74) is 5.15. The summed E-state index contributed by atoms with van der Waals surface area (Å²) >= 11 is 1.41. The smallest absolute Gasteiger partial charge is 0.240 e. The molecule has 144 valence electrons. The minimum absolute atomic E-state index is 0.0884. The highest BCUT2D eigenvalue weighted by Gasteiger charge is 2.37. The summed E-state index contributed by atoms with van der Waals surface area (Å²) in [6, 6.07) is 17.0. The lowest BCUT2D eigenvalue weighted by Crippen LogP contribution is -2.41. The van der Waals surface area contributed by atoms with Crippen molar-refractivity contribution in [1.82, 2.24) is 14.9 Å². The van der Waals surface area contributed by atoms with Gasteiger partial charge in [0, 0.05) is 5.69 Å². The Morgan fingerprint density at radius 3 is 2.64 bits per heavy atom. The van der Waals surface area contributed by atoms with E-state index in [4.69, 9.17) is 4.74 Å². The molecule has 1 aliphatic rings. The summed E-state index contributed by atoms with van der Waals surface area (Å²) in [7, 11) is 0. The second-order valence-corrected chi connectivity index (χ2v) is 7.48. The van der Waals surface area contributed by atoms with Crippen LogP contribution in [0.3, 0.4) is 0 Å². The van der Waals surface area contributed by atoms with Crippen LogP contribution in [-0.2, 0) is 4.79 Å². The first-order chi connectivity index (χ1) is 13.7. The molecular formula is C20H21N5O2S. The molecule has 1 aromatic heterocycles. The number of aromatic nitrogens is 3. The lowest BCUT2D eigenvalue weighted by atomic mass is 10.0. The predicted octanol–water partition coefficient (Wildman–Crippen LogP) is 3.38. The first-order valence-corrected chi connectivity index (χ1v) is 9.97. The molecule has 0 fully saturated rings. The van der Waals surface area contributed by atoms with E-state index in [1.807, 2.05) is 73.1 Å². The number of nitrogens with one attached hydrogen (secondary N) is 2. The Hall–Kier alpha value is -3.00. The number of aryl methyl sites for hydroxylation is 1. The minimum Gasteiger partial charge on any atom is -0.494 e. The number of carbonyl (C=O) groups is 1. The van der Waals surface area contributed by atoms with Gasteiger partial charge >= 0.3 is 0 Å². The van der Waals surface area contributed by atoms with E-state index in [9.17, 15) is 4.79 Å². The quantitative estimate of drug-likeness (QED) is 0.689. The van der Waals surface area contributed by atoms with Gasteiger partial charge in [-0.3, -0.25) is 4.79 Å². The molecule has 1 amide bonds. The fraction of sp³-hybridized carbons (Fsp3) is 0.250. The fourth-order valence-corrected chi connectivity index (χ4v) is 4.21. The maximum absolute atomic E-state index is 13.1. The minimum atomic E-state index is -0.408. The van der Waals surface area contributed by atoms with Crippen LogP contribution < -0.4 is 15.5 Å². The average Bonchev–Trinajstić information content (AvgIpc) is 3.09. The molecule has 2 heterocycles. The molecule has 0 spiro atoms. The van der Waals surface area contributed by atoms with Gasteiger partial charge in [0.25, 0.3) is 0 Å². The molecule has 4 rings (SSSR count). The lowest BCUT2D eigenvalue weighted by Gasteiger charge is -2.32. The van der Waals surface area contributed by atoms with Crippen LogP contribution in [0.25, 0.3) is 0 Å². The zero-order valence-corrected chi connectivity index (χ0v) is 16.4. The van der Waals surface area contributed by atoms with Gasteiger partial charge in [-0.05, 0) is 43.7 Å². The van der Waals surface area contributed by atoms with Crippen LogP contribution in [0.2, 0.25) is 0 Å². The molecule has 2 atom stereocenters. The Morgan fingerprint density at radius 1 is 1.18 bits per heavy atom. The van der Waals surface area contributed by atoms with E-state index in [-0.39, 0.29) is 11.9 Å². The van der Waals surface area contributed by atoms with Gasteiger partial charge in [0.15, 0.2) is 0 Å². The Balaban J connectivity index is 1.64. The molecule has 28 heavy (non-hydrogen) atoms. The number of amides is 1. The van der Waals surface area contributed by atoms with Crippen molar-refractivity contribution in [1.29, 1.82) is 0 Å². The number of carbonyl (C=O) groups excluding carboxylic acids is 1. The van der Waals surface area contributed by atoms with Gasteiger partial charge in [0.05, 0.1) is 12.6 Å². The summed E-state index contributed by atoms with van der Waals surface area (Å²) in [6.07, 6.45) is 0. The number of nitrogens with zero attached hydrogens (tertiary/aromatic N) is 3. The number of hydrogen-bond acceptors (Lipinski definition) is 6. The van der Waals surface area contributed by atoms with Crippen molar-refractivity contribution in [3.8, 4) is 5.75 Å². The number of rotatable bonds is 5. The van der Waals surface area contributed by atoms with Crippen LogP contribution in [0.4, 0.5) is 5.69 Å². The summed E-state index contributed by atoms with van der Waals surface area (Å²) < 4.78 is 7.37. The van der Waals surface area contributed by atoms with Gasteiger partial charge in [0.1, 0.15) is 16.8 Å². The van der Waals surface area contributed by atoms with E-state index in [0.29, 0.717) is 11.8 Å². The molecule has 0 saturated carbocycles. The lowest BCUT2D eigenvalue weighted by molar-refractivity contribution is -0.116. The second-order valence-electron chi connectivity index (χ2n) is 6.37. The van der Waals surface area contributed by atoms with Crippen LogP contribution in [0.15, 0.2) is 59.8 Å². The third kappa shape index (κ3) is 3.68. The predicted molar refractivity (Wildman–Crippen MR) is 109 cm³/mol. The van der Waals surface area contributed by atoms with Crippen molar-refractivity contribution >= 4 is 23.4 Å². The highest BCUT2D eigenvalue weighted by molar-refractivity contribution is 8.00. The SMILES string of the molecule is CCOc1ccc(C2Nn3c(C)nnc3SC2C(=O)Nc2ccccc2)cc1. The van der Waals surface area contributed by atoms with E-state index in [0.717, 1.165) is 22.8 Å². The molecule has 3 aromatic rings. The van der Waals surface area contributed by atoms with Crippen molar-refractivity contribution in [3.63, 3.8) is 0 Å². The molecule has 0 aliphatic carbocycles. The van der Waals surface area contributed by atoms with Crippen LogP contribution in [0.5, 0.6) is 5.75 Å². The fourth-order valence-electron chi connectivity index (χ4n) is 3.08. The maximum atomic E-state index is 13.1. The normalized spacial score (nSPS) is 18.1. The highest BCUT2D eigenvalue weighted by Crippen LogP contribution is 2.37. The van der Waals surface area contributed by atoms with Crippen LogP contribution >= 0.6 is 11.8 Å². The molecule has 0 bridgehead atoms. The van der Waals surface area contributed by atoms with E-state index < -0.39 is 5.25 Å². The number of benzene rings is 2. The van der Waals surface area contributed by atoms with E-state index in [1.165, 1.54) is 11.8 Å². The number of ether oxygens (including phenoxy) is 1. The van der Waals surface area contributed by atoms with E-state index >= 15 is 0 Å². The molecule has 0 radical (unpaired) electrons. The van der Waals surface area contributed by atoms with E-state index in [2.05, 4.69) is 20.9 Å². The van der Waals surface area contributed by atoms with Gasteiger partial charge in [-0.2, -0.15) is 0 Å². The monoisotopic (exact) mass is 395 g/mol. The molecule has 8 heteroatoms. The summed E-state index contributed by atoms with van der Waals surface area (Å²) in [6.45, 7) is 4.44. The Bertz CT molecular complexity index is 958. The molecular weight excluding hydrogens is 374 g/mol. The van der Waals surface area contributed by atoms with Crippen molar-refractivity contribution in [2.75, 3.05) is 17.3 Å². The number of hydrogen-bond donors (Lipinski definition) is 2. The van der Waals surface area contributed by atoms with Gasteiger partial charge in [-0.15, -0.1) is 10.2 Å². The highest BCUT2D eigenvalue weighted by atomic mass is 32.2. The zero-order valence-electron chi connectivity index (χ0n) is 15.6. The van der Waals surface area contributed by atoms with Gasteiger partial charge in [0.2, 0.25) is 11.1 Å². The Kier molecular flexibility index (Phi) is 5.21. The molecule has 2 N–H and O–H groups in total. The molecule has 2 unspecified atom stereocenters. The van der Waals surface area contributed by atoms with Crippen LogP contribution in [0.1, 0.15) is 24.4 Å². The van der Waals surface area contributed by atoms with Gasteiger partial charge in [-0.25, -0.2) is 4.68 Å². The van der Waals surface area contributed by atoms with E-state index in [1.54, 1.807) is 0 Å². The Labute approximate surface area is 167 Å². The number of anilines is 1. The van der Waals surface area contributed by atoms with Crippen molar-refractivity contribution < 1.29 is 9.53 Å². The molecule has 7 nitrogen and oxygen atoms in total. The number of para-hydroxylation sites is 1. The number of thioether (sulfide) groups is 1. The maximum Gasteiger partial charge on any atom is 0.240 e. The van der Waals surface area contributed by atoms with Gasteiger partial charge < -0.3 is 15.5 Å². The third-order valence-corrected chi connectivity index (χ3v) is 5.66. The van der Waals surface area contributed by atoms with Crippen molar-refractivity contribution in [2.45, 2.75) is 30.3 Å². The number of fused-ring (bicyclic) bond motifs is 1. The topological polar surface area (TPSA) is 81.1 Å². The first-order valence-electron chi connectivity index (χ1n) is 9.09. The summed E-state index contributed by atoms with van der Waals surface area (Å²) in [4.78, 5) is 13.1. The van der Waals surface area contributed by atoms with Crippen molar-refractivity contribution in [3.05, 3.63) is 66.0 Å². The summed E-state index contributed by atoms with van der Waals surface area (Å²) in [5.74, 6) is 1.47. The summed E-state index contributed by atoms with van der Waals surface area (Å²) in [5, 5.41) is 11.6. The van der Waals surface area contributed by atoms with Crippen molar-refractivity contribution in [2.24, 2.45) is 0 Å². The molecule has 0 saturated heterocycles. The van der Waals surface area contributed by atoms with Crippen LogP contribution in [0, 0.1) is 6.92 Å². The Morgan fingerprint density at radius 2 is 1.93 bits per heavy atom. The molecule has 2 aromatic carbocycles. The second kappa shape index (κ2) is 7.93. The standard InChI is InChI=1S/C20H21N5O2S/c1-3-27-16-11-9-14(10-12-16)17-18(19(26)21-15-7-5-4-6-8-15)28-20-23-22-13(2)25(20)24-17/h4-12,17-18,24H,3H2,1-2H3,(H,21,26). The largest absolute Gasteiger partial charge is 0.494 e. The first kappa shape index (κ1) is 18.4. The third-order valence-electron chi connectivity index (χ3n) is 4.45. The zero-order chi connectivity index (χ0) is 19.5. The molecule has 1 aliphatic heterocycles. The van der Waals surface area contributed by atoms with Gasteiger partial charge in [-0.1, -0.05) is 42.1 Å². The van der Waals surface area contributed by atoms with Crippen LogP contribution in [-0.4, -0.2) is 32.6 Å². The average molecular weight is 395 g/mol.